The van der Waals surface area contributed by atoms with Crippen LogP contribution in [0.25, 0.3) is 0 Å². The molecule has 0 saturated carbocycles. The zero-order valence-corrected chi connectivity index (χ0v) is 10.2. The van der Waals surface area contributed by atoms with E-state index < -0.39 is 15.6 Å². The summed E-state index contributed by atoms with van der Waals surface area (Å²) in [6, 6.07) is 5.99. The molecule has 0 saturated heterocycles. The molecule has 0 radical (unpaired) electrons. The van der Waals surface area contributed by atoms with Gasteiger partial charge in [-0.1, -0.05) is 13.3 Å². The van der Waals surface area contributed by atoms with Gasteiger partial charge in [0.2, 0.25) is 5.44 Å². The molecule has 1 aromatic carbocycles. The van der Waals surface area contributed by atoms with Crippen LogP contribution >= 0.6 is 0 Å². The van der Waals surface area contributed by atoms with Crippen LogP contribution < -0.4 is 4.74 Å². The van der Waals surface area contributed by atoms with Gasteiger partial charge in [-0.25, -0.2) is 0 Å². The molecule has 0 aliphatic rings. The number of aldehydes is 1. The van der Waals surface area contributed by atoms with Crippen molar-refractivity contribution in [3.05, 3.63) is 29.8 Å². The number of carbonyl (C=O) groups is 1. The smallest absolute Gasteiger partial charge is 0.303 e. The molecule has 5 nitrogen and oxygen atoms in total. The van der Waals surface area contributed by atoms with E-state index in [-0.39, 0.29) is 6.42 Å². The van der Waals surface area contributed by atoms with Crippen molar-refractivity contribution in [3.8, 4) is 5.75 Å². The zero-order chi connectivity index (χ0) is 12.9. The van der Waals surface area contributed by atoms with E-state index in [2.05, 4.69) is 0 Å². The molecule has 1 atom stereocenters. The summed E-state index contributed by atoms with van der Waals surface area (Å²) in [5.74, 6) is 0.298. The molecule has 0 bridgehead atoms. The van der Waals surface area contributed by atoms with E-state index in [1.54, 1.807) is 6.92 Å². The highest BCUT2D eigenvalue weighted by atomic mass is 32.2. The third kappa shape index (κ3) is 4.16. The molecule has 1 N–H and O–H groups in total. The Bertz CT molecular complexity index is 463. The Kier molecular flexibility index (Phi) is 4.65. The molecule has 17 heavy (non-hydrogen) atoms. The first-order chi connectivity index (χ1) is 7.97. The first kappa shape index (κ1) is 13.7. The van der Waals surface area contributed by atoms with Crippen LogP contribution in [0.4, 0.5) is 0 Å². The van der Waals surface area contributed by atoms with Crippen molar-refractivity contribution in [1.82, 2.24) is 0 Å². The summed E-state index contributed by atoms with van der Waals surface area (Å²) in [5, 5.41) is 0. The highest BCUT2D eigenvalue weighted by Crippen LogP contribution is 2.17. The van der Waals surface area contributed by atoms with E-state index in [0.717, 1.165) is 0 Å². The van der Waals surface area contributed by atoms with Gasteiger partial charge < -0.3 is 4.74 Å². The Balaban J connectivity index is 2.82. The molecule has 94 valence electrons. The van der Waals surface area contributed by atoms with Gasteiger partial charge in [0.05, 0.1) is 0 Å². The van der Waals surface area contributed by atoms with Crippen LogP contribution in [-0.4, -0.2) is 24.7 Å². The van der Waals surface area contributed by atoms with Crippen molar-refractivity contribution in [2.45, 2.75) is 25.2 Å². The predicted molar refractivity (Wildman–Crippen MR) is 62.7 cm³/mol. The fourth-order valence-electron chi connectivity index (χ4n) is 1.28. The second-order valence-corrected chi connectivity index (χ2v) is 5.09. The minimum Gasteiger partial charge on any atom is -0.472 e. The molecule has 0 spiro atoms. The monoisotopic (exact) mass is 258 g/mol. The van der Waals surface area contributed by atoms with Crippen LogP contribution in [0.5, 0.6) is 5.75 Å². The molecular weight excluding hydrogens is 244 g/mol. The number of hydrogen-bond donors (Lipinski definition) is 1. The lowest BCUT2D eigenvalue weighted by atomic mass is 10.2. The lowest BCUT2D eigenvalue weighted by Crippen LogP contribution is -2.26. The molecule has 0 heterocycles. The largest absolute Gasteiger partial charge is 0.472 e. The van der Waals surface area contributed by atoms with E-state index in [0.29, 0.717) is 24.0 Å². The average Bonchev–Trinajstić information content (AvgIpc) is 2.28. The Morgan fingerprint density at radius 3 is 2.35 bits per heavy atom. The van der Waals surface area contributed by atoms with Crippen molar-refractivity contribution in [1.29, 1.82) is 0 Å². The summed E-state index contributed by atoms with van der Waals surface area (Å²) in [7, 11) is -4.23. The topological polar surface area (TPSA) is 80.7 Å². The minimum absolute atomic E-state index is 0.203. The molecule has 1 rings (SSSR count). The molecule has 1 aromatic rings. The number of ether oxygens (including phenoxy) is 1. The highest BCUT2D eigenvalue weighted by molar-refractivity contribution is 7.86. The highest BCUT2D eigenvalue weighted by Gasteiger charge is 2.23. The lowest BCUT2D eigenvalue weighted by molar-refractivity contribution is 0.112. The van der Waals surface area contributed by atoms with Crippen LogP contribution in [0.2, 0.25) is 0 Å². The van der Waals surface area contributed by atoms with Crippen molar-refractivity contribution in [2.75, 3.05) is 0 Å². The molecule has 0 aliphatic heterocycles. The third-order valence-corrected chi connectivity index (χ3v) is 3.14. The summed E-state index contributed by atoms with van der Waals surface area (Å²) in [6.45, 7) is 1.79. The molecular formula is C11H14O5S. The number of hydrogen-bond acceptors (Lipinski definition) is 4. The maximum Gasteiger partial charge on any atom is 0.303 e. The number of carbonyl (C=O) groups excluding carboxylic acids is 1. The average molecular weight is 258 g/mol. The van der Waals surface area contributed by atoms with Gasteiger partial charge in [-0.2, -0.15) is 8.42 Å². The molecule has 0 amide bonds. The standard InChI is InChI=1S/C11H14O5S/c1-2-3-11(17(13,14)15)16-10-6-4-9(8-12)5-7-10/h4-8,11H,2-3H2,1H3,(H,13,14,15). The molecule has 1 unspecified atom stereocenters. The number of rotatable bonds is 6. The van der Waals surface area contributed by atoms with Gasteiger partial charge in [-0.15, -0.1) is 0 Å². The maximum atomic E-state index is 11.0. The van der Waals surface area contributed by atoms with Crippen LogP contribution in [0.15, 0.2) is 24.3 Å². The van der Waals surface area contributed by atoms with Crippen LogP contribution in [0.1, 0.15) is 30.1 Å². The zero-order valence-electron chi connectivity index (χ0n) is 9.37. The molecule has 0 aliphatic carbocycles. The van der Waals surface area contributed by atoms with Crippen LogP contribution in [0, 0.1) is 0 Å². The van der Waals surface area contributed by atoms with E-state index in [1.807, 2.05) is 0 Å². The van der Waals surface area contributed by atoms with E-state index in [1.165, 1.54) is 24.3 Å². The predicted octanol–water partition coefficient (Wildman–Crippen LogP) is 1.89. The fourth-order valence-corrected chi connectivity index (χ4v) is 2.05. The van der Waals surface area contributed by atoms with Crippen molar-refractivity contribution < 1.29 is 22.5 Å². The second-order valence-electron chi connectivity index (χ2n) is 3.54. The minimum atomic E-state index is -4.23. The Morgan fingerprint density at radius 1 is 1.35 bits per heavy atom. The van der Waals surface area contributed by atoms with Gasteiger partial charge in [0.25, 0.3) is 0 Å². The quantitative estimate of drug-likeness (QED) is 0.622. The van der Waals surface area contributed by atoms with Crippen LogP contribution in [0.3, 0.4) is 0 Å². The summed E-state index contributed by atoms with van der Waals surface area (Å²) in [4.78, 5) is 10.4. The van der Waals surface area contributed by atoms with E-state index in [4.69, 9.17) is 9.29 Å². The van der Waals surface area contributed by atoms with Crippen molar-refractivity contribution in [3.63, 3.8) is 0 Å². The summed E-state index contributed by atoms with van der Waals surface area (Å²) >= 11 is 0. The molecule has 6 heteroatoms. The van der Waals surface area contributed by atoms with Gasteiger partial charge in [0.15, 0.2) is 0 Å². The SMILES string of the molecule is CCCC(Oc1ccc(C=O)cc1)S(=O)(=O)O. The van der Waals surface area contributed by atoms with Crippen molar-refractivity contribution in [2.24, 2.45) is 0 Å². The van der Waals surface area contributed by atoms with Crippen molar-refractivity contribution >= 4 is 16.4 Å². The lowest BCUT2D eigenvalue weighted by Gasteiger charge is -2.15. The maximum absolute atomic E-state index is 11.0. The van der Waals surface area contributed by atoms with Gasteiger partial charge in [-0.3, -0.25) is 9.35 Å². The van der Waals surface area contributed by atoms with Gasteiger partial charge in [0, 0.05) is 12.0 Å². The Morgan fingerprint density at radius 2 is 1.94 bits per heavy atom. The Labute approximate surface area is 100 Å². The summed E-state index contributed by atoms with van der Waals surface area (Å²) in [5.41, 5.74) is -0.800. The van der Waals surface area contributed by atoms with Gasteiger partial charge in [0.1, 0.15) is 12.0 Å². The number of benzene rings is 1. The van der Waals surface area contributed by atoms with E-state index >= 15 is 0 Å². The molecule has 0 fully saturated rings. The van der Waals surface area contributed by atoms with Gasteiger partial charge >= 0.3 is 10.1 Å². The molecule has 0 aromatic heterocycles. The first-order valence-electron chi connectivity index (χ1n) is 5.15. The second kappa shape index (κ2) is 5.79. The fraction of sp³-hybridized carbons (Fsp3) is 0.364. The van der Waals surface area contributed by atoms with Gasteiger partial charge in [-0.05, 0) is 24.3 Å². The third-order valence-electron chi connectivity index (χ3n) is 2.14. The summed E-state index contributed by atoms with van der Waals surface area (Å²) < 4.78 is 36.2. The first-order valence-corrected chi connectivity index (χ1v) is 6.66. The summed E-state index contributed by atoms with van der Waals surface area (Å²) in [6.07, 6.45) is 1.45. The van der Waals surface area contributed by atoms with E-state index in [9.17, 15) is 13.2 Å². The Hall–Kier alpha value is -1.40. The van der Waals surface area contributed by atoms with Crippen LogP contribution in [-0.2, 0) is 10.1 Å². The normalized spacial score (nSPS) is 13.1.